The molecule has 1 saturated heterocycles. The molecule has 1 aromatic rings. The summed E-state index contributed by atoms with van der Waals surface area (Å²) in [5.74, 6) is 0.700. The van der Waals surface area contributed by atoms with E-state index in [-0.39, 0.29) is 29.1 Å². The smallest absolute Gasteiger partial charge is 0.396 e. The lowest BCUT2D eigenvalue weighted by molar-refractivity contribution is 0.0341. The minimum atomic E-state index is -1.37. The first kappa shape index (κ1) is 24.1. The minimum Gasteiger partial charge on any atom is -0.426 e. The Morgan fingerprint density at radius 1 is 1.59 bits per heavy atom. The van der Waals surface area contributed by atoms with E-state index in [4.69, 9.17) is 57.8 Å². The van der Waals surface area contributed by atoms with Crippen LogP contribution in [0.1, 0.15) is 26.0 Å². The number of hydrogen-bond donors (Lipinski definition) is 1. The van der Waals surface area contributed by atoms with Crippen molar-refractivity contribution in [1.29, 1.82) is 0 Å². The number of aromatic nitrogens is 2. The molecule has 0 saturated carbocycles. The molecule has 4 radical (unpaired) electrons. The zero-order valence-electron chi connectivity index (χ0n) is 15.9. The van der Waals surface area contributed by atoms with Crippen LogP contribution in [-0.2, 0) is 18.3 Å². The summed E-state index contributed by atoms with van der Waals surface area (Å²) in [5.41, 5.74) is 1.39. The lowest BCUT2D eigenvalue weighted by atomic mass is 9.98. The van der Waals surface area contributed by atoms with Gasteiger partial charge in [0.1, 0.15) is 32.3 Å². The van der Waals surface area contributed by atoms with Crippen LogP contribution in [0.5, 0.6) is 0 Å². The van der Waals surface area contributed by atoms with Gasteiger partial charge in [-0.15, -0.1) is 0 Å². The summed E-state index contributed by atoms with van der Waals surface area (Å²) >= 11 is 10.7. The van der Waals surface area contributed by atoms with Gasteiger partial charge in [0, 0.05) is 24.3 Å². The Balaban J connectivity index is 0.000000208. The highest BCUT2D eigenvalue weighted by molar-refractivity contribution is 7.71. The van der Waals surface area contributed by atoms with Gasteiger partial charge in [0.2, 0.25) is 0 Å². The Morgan fingerprint density at radius 3 is 2.86 bits per heavy atom. The maximum absolute atomic E-state index is 11.5. The molecule has 0 amide bonds. The zero-order chi connectivity index (χ0) is 21.6. The van der Waals surface area contributed by atoms with Crippen molar-refractivity contribution in [3.05, 3.63) is 62.5 Å². The van der Waals surface area contributed by atoms with Gasteiger partial charge >= 0.3 is 14.3 Å². The first-order valence-electron chi connectivity index (χ1n) is 8.64. The lowest BCUT2D eigenvalue weighted by Gasteiger charge is -2.25. The number of ether oxygens (including phenoxy) is 1. The Hall–Kier alpha value is -1.15. The number of hydrogen-bond acceptors (Lipinski definition) is 6. The third-order valence-corrected chi connectivity index (χ3v) is 5.61. The van der Waals surface area contributed by atoms with Gasteiger partial charge in [0.25, 0.3) is 0 Å². The molecule has 2 aliphatic heterocycles. The van der Waals surface area contributed by atoms with Crippen LogP contribution in [0.25, 0.3) is 0 Å². The van der Waals surface area contributed by atoms with Crippen molar-refractivity contribution in [2.75, 3.05) is 13.1 Å². The van der Waals surface area contributed by atoms with Crippen molar-refractivity contribution in [2.45, 2.75) is 32.0 Å². The largest absolute Gasteiger partial charge is 0.426 e. The molecule has 3 rings (SSSR count). The third-order valence-electron chi connectivity index (χ3n) is 3.86. The van der Waals surface area contributed by atoms with E-state index in [0.29, 0.717) is 23.8 Å². The second-order valence-corrected chi connectivity index (χ2v) is 8.03. The average molecular weight is 452 g/mol. The highest BCUT2D eigenvalue weighted by atomic mass is 35.5. The molecular formula is C17H20B2ClN2O5PS. The molecule has 2 unspecified atom stereocenters. The van der Waals surface area contributed by atoms with Crippen LogP contribution in [0.4, 0.5) is 0 Å². The number of H-pyrrole nitrogens is 1. The zero-order valence-corrected chi connectivity index (χ0v) is 18.4. The van der Waals surface area contributed by atoms with Gasteiger partial charge in [-0.25, -0.2) is 4.79 Å². The van der Waals surface area contributed by atoms with Crippen molar-refractivity contribution in [2.24, 2.45) is 0 Å². The molecule has 0 aliphatic carbocycles. The van der Waals surface area contributed by atoms with Crippen LogP contribution in [0.15, 0.2) is 47.1 Å². The third kappa shape index (κ3) is 6.67. The maximum atomic E-state index is 11.5. The molecule has 1 fully saturated rings. The standard InChI is InChI=1S/C9H12BO3P.C8H8BClN2O2S/c1-4-8-5-11-14(12-6-10)13-9(8)7(2)3;9-5-1-2-6(14-5)12-3-4(10)7(15)11-8(12)13/h4H,1-2,5-6H2,3H3;3,5-6H,1-2H2,(H,11,13,15)/t;5-,6?/m.0/s1. The average Bonchev–Trinajstić information content (AvgIpc) is 3.11. The van der Waals surface area contributed by atoms with Crippen LogP contribution in [0, 0.1) is 4.64 Å². The monoisotopic (exact) mass is 452 g/mol. The molecule has 0 bridgehead atoms. The number of aromatic amines is 1. The van der Waals surface area contributed by atoms with Gasteiger partial charge in [0.15, 0.2) is 0 Å². The molecule has 152 valence electrons. The van der Waals surface area contributed by atoms with E-state index in [9.17, 15) is 4.79 Å². The predicted molar refractivity (Wildman–Crippen MR) is 117 cm³/mol. The minimum absolute atomic E-state index is 0.0819. The Kier molecular flexibility index (Phi) is 9.40. The van der Waals surface area contributed by atoms with Crippen LogP contribution in [0.3, 0.4) is 0 Å². The second-order valence-electron chi connectivity index (χ2n) is 6.07. The summed E-state index contributed by atoms with van der Waals surface area (Å²) in [6.45, 7) is 9.85. The highest BCUT2D eigenvalue weighted by Crippen LogP contribution is 2.47. The fourth-order valence-electron chi connectivity index (χ4n) is 2.50. The van der Waals surface area contributed by atoms with Crippen molar-refractivity contribution in [1.82, 2.24) is 9.55 Å². The predicted octanol–water partition coefficient (Wildman–Crippen LogP) is 3.78. The van der Waals surface area contributed by atoms with Gasteiger partial charge in [-0.05, 0) is 25.3 Å². The molecule has 29 heavy (non-hydrogen) atoms. The molecule has 1 N–H and O–H groups in total. The van der Waals surface area contributed by atoms with Gasteiger partial charge in [-0.2, -0.15) is 0 Å². The van der Waals surface area contributed by atoms with Crippen molar-refractivity contribution < 1.29 is 18.3 Å². The fourth-order valence-corrected chi connectivity index (χ4v) is 3.76. The first-order valence-corrected chi connectivity index (χ1v) is 10.5. The number of allylic oxidation sites excluding steroid dienone is 1. The fraction of sp³-hybridized carbons (Fsp3) is 0.412. The summed E-state index contributed by atoms with van der Waals surface area (Å²) in [6.07, 6.45) is 4.24. The van der Waals surface area contributed by atoms with Gasteiger partial charge in [-0.1, -0.05) is 43.1 Å². The number of nitrogens with zero attached hydrogens (tertiary/aromatic N) is 1. The summed E-state index contributed by atoms with van der Waals surface area (Å²) < 4.78 is 22.7. The molecule has 2 aliphatic rings. The SMILES string of the molecule is [B]COP1OCC(C=C)=C(C(=C)C)O1.[B][C@@H]1CCC(n2cc(Cl)c(=S)[nH]c2=O)O1. The number of rotatable bonds is 5. The van der Waals surface area contributed by atoms with Crippen molar-refractivity contribution in [3.63, 3.8) is 0 Å². The van der Waals surface area contributed by atoms with E-state index in [0.717, 1.165) is 17.6 Å². The Morgan fingerprint density at radius 2 is 2.31 bits per heavy atom. The van der Waals surface area contributed by atoms with E-state index >= 15 is 0 Å². The van der Waals surface area contributed by atoms with E-state index in [1.54, 1.807) is 6.08 Å². The molecule has 12 heteroatoms. The van der Waals surface area contributed by atoms with E-state index in [1.807, 2.05) is 6.92 Å². The summed E-state index contributed by atoms with van der Waals surface area (Å²) in [6, 6.07) is -0.316. The quantitative estimate of drug-likeness (QED) is 0.416. The molecule has 0 aromatic carbocycles. The first-order chi connectivity index (χ1) is 13.8. The number of halogens is 1. The molecule has 0 spiro atoms. The molecule has 7 nitrogen and oxygen atoms in total. The van der Waals surface area contributed by atoms with Gasteiger partial charge in [0.05, 0.1) is 11.6 Å². The van der Waals surface area contributed by atoms with E-state index in [2.05, 4.69) is 18.1 Å². The van der Waals surface area contributed by atoms with Crippen molar-refractivity contribution >= 4 is 48.1 Å². The van der Waals surface area contributed by atoms with Crippen LogP contribution in [0.2, 0.25) is 5.02 Å². The summed E-state index contributed by atoms with van der Waals surface area (Å²) in [7, 11) is 9.44. The normalized spacial score (nSPS) is 23.7. The van der Waals surface area contributed by atoms with Gasteiger partial charge in [-0.3, -0.25) is 14.1 Å². The van der Waals surface area contributed by atoms with E-state index in [1.165, 1.54) is 10.8 Å². The Bertz CT molecular complexity index is 907. The summed E-state index contributed by atoms with van der Waals surface area (Å²) in [4.78, 5) is 14.0. The van der Waals surface area contributed by atoms with Crippen LogP contribution in [-0.4, -0.2) is 44.4 Å². The lowest BCUT2D eigenvalue weighted by Crippen LogP contribution is -2.27. The molecular weight excluding hydrogens is 432 g/mol. The maximum Gasteiger partial charge on any atom is 0.396 e. The molecule has 3 atom stereocenters. The topological polar surface area (TPSA) is 74.7 Å². The van der Waals surface area contributed by atoms with Crippen LogP contribution >= 0.6 is 32.4 Å². The molecule has 1 aromatic heterocycles. The molecule has 3 heterocycles. The van der Waals surface area contributed by atoms with E-state index < -0.39 is 8.60 Å². The second kappa shape index (κ2) is 11.3. The van der Waals surface area contributed by atoms with Gasteiger partial charge < -0.3 is 13.8 Å². The highest BCUT2D eigenvalue weighted by Gasteiger charge is 2.24. The van der Waals surface area contributed by atoms with Crippen molar-refractivity contribution in [3.8, 4) is 0 Å². The number of nitrogens with one attached hydrogen (secondary N) is 1. The summed E-state index contributed by atoms with van der Waals surface area (Å²) in [5, 5.41) is 0.327. The van der Waals surface area contributed by atoms with Crippen LogP contribution < -0.4 is 5.69 Å². The Labute approximate surface area is 183 Å².